The fourth-order valence-electron chi connectivity index (χ4n) is 2.66. The van der Waals surface area contributed by atoms with E-state index in [0.29, 0.717) is 11.7 Å². The number of hydrogen-bond donors (Lipinski definition) is 1. The number of halogens is 1. The SMILES string of the molecule is CCNCC1CCN(C(=O)COc2cccc([N+](=O)[O-])c2)CC1.Cl. The third-order valence-electron chi connectivity index (χ3n) is 4.04. The quantitative estimate of drug-likeness (QED) is 0.597. The Hall–Kier alpha value is -1.86. The Kier molecular flexibility index (Phi) is 8.49. The molecular formula is C16H24ClN3O4. The van der Waals surface area contributed by atoms with Gasteiger partial charge in [0.1, 0.15) is 5.75 Å². The molecule has 8 heteroatoms. The first-order valence-corrected chi connectivity index (χ1v) is 7.96. The third kappa shape index (κ3) is 5.98. The second kappa shape index (κ2) is 10.1. The van der Waals surface area contributed by atoms with Crippen molar-refractivity contribution in [3.63, 3.8) is 0 Å². The van der Waals surface area contributed by atoms with Crippen molar-refractivity contribution in [2.75, 3.05) is 32.8 Å². The summed E-state index contributed by atoms with van der Waals surface area (Å²) in [6.45, 7) is 5.46. The van der Waals surface area contributed by atoms with Crippen molar-refractivity contribution >= 4 is 24.0 Å². The van der Waals surface area contributed by atoms with Gasteiger partial charge < -0.3 is 15.0 Å². The van der Waals surface area contributed by atoms with Crippen LogP contribution in [0.3, 0.4) is 0 Å². The van der Waals surface area contributed by atoms with Gasteiger partial charge in [-0.1, -0.05) is 13.0 Å². The number of carbonyl (C=O) groups excluding carboxylic acids is 1. The van der Waals surface area contributed by atoms with E-state index >= 15 is 0 Å². The summed E-state index contributed by atoms with van der Waals surface area (Å²) < 4.78 is 5.40. The number of benzene rings is 1. The van der Waals surface area contributed by atoms with Crippen LogP contribution in [0, 0.1) is 16.0 Å². The number of likely N-dealkylation sites (tertiary alicyclic amines) is 1. The molecule has 1 aromatic carbocycles. The minimum Gasteiger partial charge on any atom is -0.484 e. The summed E-state index contributed by atoms with van der Waals surface area (Å²) in [7, 11) is 0. The predicted octanol–water partition coefficient (Wildman–Crippen LogP) is 2.24. The zero-order valence-electron chi connectivity index (χ0n) is 13.8. The summed E-state index contributed by atoms with van der Waals surface area (Å²) in [6.07, 6.45) is 1.99. The maximum atomic E-state index is 12.2. The van der Waals surface area contributed by atoms with Gasteiger partial charge in [0.25, 0.3) is 11.6 Å². The highest BCUT2D eigenvalue weighted by Gasteiger charge is 2.22. The molecule has 0 unspecified atom stereocenters. The molecular weight excluding hydrogens is 334 g/mol. The van der Waals surface area contributed by atoms with Gasteiger partial charge in [0.15, 0.2) is 6.61 Å². The Labute approximate surface area is 147 Å². The number of hydrogen-bond acceptors (Lipinski definition) is 5. The summed E-state index contributed by atoms with van der Waals surface area (Å²) in [6, 6.07) is 5.88. The van der Waals surface area contributed by atoms with E-state index in [1.54, 1.807) is 17.0 Å². The summed E-state index contributed by atoms with van der Waals surface area (Å²) in [5.41, 5.74) is -0.0424. The molecule has 1 aliphatic heterocycles. The van der Waals surface area contributed by atoms with Crippen LogP contribution in [0.4, 0.5) is 5.69 Å². The Bertz CT molecular complexity index is 548. The van der Waals surface area contributed by atoms with Crippen molar-refractivity contribution in [2.24, 2.45) is 5.92 Å². The van der Waals surface area contributed by atoms with E-state index in [1.165, 1.54) is 12.1 Å². The molecule has 0 aliphatic carbocycles. The van der Waals surface area contributed by atoms with Gasteiger partial charge in [-0.3, -0.25) is 14.9 Å². The predicted molar refractivity (Wildman–Crippen MR) is 93.7 cm³/mol. The average molecular weight is 358 g/mol. The zero-order chi connectivity index (χ0) is 16.7. The van der Waals surface area contributed by atoms with Crippen LogP contribution in [0.5, 0.6) is 5.75 Å². The normalized spacial score (nSPS) is 14.8. The van der Waals surface area contributed by atoms with Gasteiger partial charge in [0, 0.05) is 19.2 Å². The van der Waals surface area contributed by atoms with E-state index in [-0.39, 0.29) is 30.6 Å². The van der Waals surface area contributed by atoms with Crippen molar-refractivity contribution in [3.8, 4) is 5.75 Å². The maximum Gasteiger partial charge on any atom is 0.273 e. The lowest BCUT2D eigenvalue weighted by Crippen LogP contribution is -2.42. The largest absolute Gasteiger partial charge is 0.484 e. The molecule has 2 rings (SSSR count). The molecule has 0 spiro atoms. The fraction of sp³-hybridized carbons (Fsp3) is 0.562. The van der Waals surface area contributed by atoms with Crippen LogP contribution >= 0.6 is 12.4 Å². The smallest absolute Gasteiger partial charge is 0.273 e. The molecule has 0 atom stereocenters. The summed E-state index contributed by atoms with van der Waals surface area (Å²) in [5, 5.41) is 14.1. The summed E-state index contributed by atoms with van der Waals surface area (Å²) >= 11 is 0. The van der Waals surface area contributed by atoms with Gasteiger partial charge >= 0.3 is 0 Å². The molecule has 1 N–H and O–H groups in total. The van der Waals surface area contributed by atoms with Crippen LogP contribution in [0.25, 0.3) is 0 Å². The molecule has 0 saturated carbocycles. The first-order valence-electron chi connectivity index (χ1n) is 7.96. The number of carbonyl (C=O) groups is 1. The molecule has 0 bridgehead atoms. The lowest BCUT2D eigenvalue weighted by Gasteiger charge is -2.32. The number of ether oxygens (including phenoxy) is 1. The summed E-state index contributed by atoms with van der Waals surface area (Å²) in [4.78, 5) is 24.2. The minimum atomic E-state index is -0.482. The molecule has 1 amide bonds. The number of nitro groups is 1. The highest BCUT2D eigenvalue weighted by molar-refractivity contribution is 5.85. The second-order valence-corrected chi connectivity index (χ2v) is 5.67. The molecule has 1 heterocycles. The molecule has 0 aromatic heterocycles. The Morgan fingerprint density at radius 1 is 1.42 bits per heavy atom. The van der Waals surface area contributed by atoms with E-state index in [0.717, 1.165) is 39.0 Å². The van der Waals surface area contributed by atoms with Crippen LogP contribution in [0.1, 0.15) is 19.8 Å². The number of nitro benzene ring substituents is 1. The van der Waals surface area contributed by atoms with Crippen LogP contribution in [0.15, 0.2) is 24.3 Å². The van der Waals surface area contributed by atoms with Gasteiger partial charge in [-0.25, -0.2) is 0 Å². The topological polar surface area (TPSA) is 84.7 Å². The first kappa shape index (κ1) is 20.2. The average Bonchev–Trinajstić information content (AvgIpc) is 2.58. The van der Waals surface area contributed by atoms with Crippen LogP contribution < -0.4 is 10.1 Å². The van der Waals surface area contributed by atoms with Crippen molar-refractivity contribution in [1.82, 2.24) is 10.2 Å². The first-order chi connectivity index (χ1) is 11.1. The van der Waals surface area contributed by atoms with Crippen molar-refractivity contribution in [2.45, 2.75) is 19.8 Å². The standard InChI is InChI=1S/C16H23N3O4.ClH/c1-2-17-11-13-6-8-18(9-7-13)16(20)12-23-15-5-3-4-14(10-15)19(21)22;/h3-5,10,13,17H,2,6-9,11-12H2,1H3;1H. The number of non-ortho nitro benzene ring substituents is 1. The number of nitrogens with one attached hydrogen (secondary N) is 1. The number of piperidine rings is 1. The van der Waals surface area contributed by atoms with E-state index in [4.69, 9.17) is 4.74 Å². The fourth-order valence-corrected chi connectivity index (χ4v) is 2.66. The molecule has 7 nitrogen and oxygen atoms in total. The third-order valence-corrected chi connectivity index (χ3v) is 4.04. The number of amides is 1. The second-order valence-electron chi connectivity index (χ2n) is 5.67. The summed E-state index contributed by atoms with van der Waals surface area (Å²) in [5.74, 6) is 0.893. The highest BCUT2D eigenvalue weighted by atomic mass is 35.5. The van der Waals surface area contributed by atoms with E-state index in [9.17, 15) is 14.9 Å². The van der Waals surface area contributed by atoms with E-state index < -0.39 is 4.92 Å². The Balaban J connectivity index is 0.00000288. The van der Waals surface area contributed by atoms with Gasteiger partial charge in [0.05, 0.1) is 11.0 Å². The Morgan fingerprint density at radius 3 is 2.75 bits per heavy atom. The molecule has 1 fully saturated rings. The molecule has 24 heavy (non-hydrogen) atoms. The lowest BCUT2D eigenvalue weighted by molar-refractivity contribution is -0.384. The monoisotopic (exact) mass is 357 g/mol. The van der Waals surface area contributed by atoms with Gasteiger partial charge in [-0.15, -0.1) is 12.4 Å². The number of nitrogens with zero attached hydrogens (tertiary/aromatic N) is 2. The van der Waals surface area contributed by atoms with Crippen LogP contribution in [-0.4, -0.2) is 48.5 Å². The van der Waals surface area contributed by atoms with Crippen LogP contribution in [0.2, 0.25) is 0 Å². The van der Waals surface area contributed by atoms with Crippen molar-refractivity contribution in [1.29, 1.82) is 0 Å². The van der Waals surface area contributed by atoms with Crippen molar-refractivity contribution < 1.29 is 14.5 Å². The van der Waals surface area contributed by atoms with Crippen LogP contribution in [-0.2, 0) is 4.79 Å². The van der Waals surface area contributed by atoms with Gasteiger partial charge in [-0.05, 0) is 37.9 Å². The minimum absolute atomic E-state index is 0. The highest BCUT2D eigenvalue weighted by Crippen LogP contribution is 2.20. The molecule has 1 saturated heterocycles. The molecule has 1 aromatic rings. The number of rotatable bonds is 7. The molecule has 1 aliphatic rings. The van der Waals surface area contributed by atoms with E-state index in [1.807, 2.05) is 0 Å². The Morgan fingerprint density at radius 2 is 2.12 bits per heavy atom. The molecule has 0 radical (unpaired) electrons. The lowest BCUT2D eigenvalue weighted by atomic mass is 9.97. The van der Waals surface area contributed by atoms with Crippen molar-refractivity contribution in [3.05, 3.63) is 34.4 Å². The molecule has 134 valence electrons. The van der Waals surface area contributed by atoms with E-state index in [2.05, 4.69) is 12.2 Å². The maximum absolute atomic E-state index is 12.2. The van der Waals surface area contributed by atoms with Gasteiger partial charge in [0.2, 0.25) is 0 Å². The zero-order valence-corrected chi connectivity index (χ0v) is 14.6. The van der Waals surface area contributed by atoms with Gasteiger partial charge in [-0.2, -0.15) is 0 Å².